The van der Waals surface area contributed by atoms with E-state index in [4.69, 9.17) is 4.52 Å². The van der Waals surface area contributed by atoms with Crippen LogP contribution in [0.25, 0.3) is 0 Å². The Kier molecular flexibility index (Phi) is 7.32. The average Bonchev–Trinajstić information content (AvgIpc) is 2.53. The molecule has 0 radical (unpaired) electrons. The molecule has 1 aliphatic rings. The summed E-state index contributed by atoms with van der Waals surface area (Å²) in [6.07, 6.45) is 7.57. The molecule has 1 aliphatic carbocycles. The number of hydrogen-bond donors (Lipinski definition) is 2. The highest BCUT2D eigenvalue weighted by Crippen LogP contribution is 2.49. The third-order valence-corrected chi connectivity index (χ3v) is 5.60. The van der Waals surface area contributed by atoms with Crippen molar-refractivity contribution in [2.24, 2.45) is 5.92 Å². The van der Waals surface area contributed by atoms with Crippen molar-refractivity contribution in [3.05, 3.63) is 47.1 Å². The van der Waals surface area contributed by atoms with Crippen LogP contribution in [0.1, 0.15) is 69.9 Å². The second-order valence-electron chi connectivity index (χ2n) is 7.57. The Hall–Kier alpha value is -1.55. The fourth-order valence-corrected chi connectivity index (χ4v) is 4.23. The lowest BCUT2D eigenvalue weighted by Gasteiger charge is -2.33. The van der Waals surface area contributed by atoms with E-state index >= 15 is 0 Å². The van der Waals surface area contributed by atoms with Gasteiger partial charge in [0, 0.05) is 11.5 Å². The van der Waals surface area contributed by atoms with Gasteiger partial charge < -0.3 is 19.4 Å². The van der Waals surface area contributed by atoms with E-state index in [-0.39, 0.29) is 23.3 Å². The number of benzene rings is 1. The van der Waals surface area contributed by atoms with Gasteiger partial charge in [0.1, 0.15) is 11.5 Å². The van der Waals surface area contributed by atoms with Crippen molar-refractivity contribution in [3.8, 4) is 11.5 Å². The molecule has 0 fully saturated rings. The monoisotopic (exact) mass is 393 g/mol. The van der Waals surface area contributed by atoms with Gasteiger partial charge in [-0.15, -0.1) is 0 Å². The van der Waals surface area contributed by atoms with Gasteiger partial charge in [0.25, 0.3) is 0 Å². The van der Waals surface area contributed by atoms with Gasteiger partial charge in [-0.2, -0.15) is 0 Å². The topological polar surface area (TPSA) is 89.8 Å². The minimum absolute atomic E-state index is 0.00420. The van der Waals surface area contributed by atoms with E-state index in [1.165, 1.54) is 5.57 Å². The molecule has 27 heavy (non-hydrogen) atoms. The lowest BCUT2D eigenvalue weighted by molar-refractivity contribution is -0.211. The van der Waals surface area contributed by atoms with Gasteiger partial charge in [-0.25, -0.2) is 0 Å². The fraction of sp³-hybridized carbons (Fsp3) is 0.524. The first-order valence-electron chi connectivity index (χ1n) is 9.54. The van der Waals surface area contributed by atoms with Gasteiger partial charge in [0.05, 0.1) is 0 Å². The molecule has 1 unspecified atom stereocenters. The van der Waals surface area contributed by atoms with Crippen LogP contribution in [0.15, 0.2) is 35.9 Å². The number of aryl methyl sites for hydroxylation is 1. The summed E-state index contributed by atoms with van der Waals surface area (Å²) in [5.74, 6) is -0.181. The first-order chi connectivity index (χ1) is 12.6. The SMILES string of the molecule is C=C(C)[C@@H]1CCC(C)=C[C@H]1c1c(O)cc(CCCCC)cc1OP(=O)([O-])O. The minimum Gasteiger partial charge on any atom is -0.746 e. The maximum Gasteiger partial charge on any atom is 0.317 e. The molecule has 2 N–H and O–H groups in total. The Morgan fingerprint density at radius 2 is 2.11 bits per heavy atom. The summed E-state index contributed by atoms with van der Waals surface area (Å²) in [6, 6.07) is 3.30. The smallest absolute Gasteiger partial charge is 0.317 e. The number of allylic oxidation sites excluding steroid dienone is 3. The zero-order chi connectivity index (χ0) is 20.2. The number of phosphoric acid groups is 1. The van der Waals surface area contributed by atoms with Crippen LogP contribution in [-0.2, 0) is 11.0 Å². The maximum atomic E-state index is 11.4. The Bertz CT molecular complexity index is 762. The highest BCUT2D eigenvalue weighted by atomic mass is 31.2. The number of unbranched alkanes of at least 4 members (excludes halogenated alkanes) is 2. The fourth-order valence-electron chi connectivity index (χ4n) is 3.83. The van der Waals surface area contributed by atoms with Crippen LogP contribution in [0.3, 0.4) is 0 Å². The van der Waals surface area contributed by atoms with Crippen LogP contribution >= 0.6 is 7.82 Å². The molecule has 0 saturated heterocycles. The Morgan fingerprint density at radius 1 is 1.41 bits per heavy atom. The summed E-state index contributed by atoms with van der Waals surface area (Å²) < 4.78 is 16.4. The van der Waals surface area contributed by atoms with E-state index in [1.807, 2.05) is 19.9 Å². The summed E-state index contributed by atoms with van der Waals surface area (Å²) >= 11 is 0. The summed E-state index contributed by atoms with van der Waals surface area (Å²) in [5, 5.41) is 10.8. The zero-order valence-corrected chi connectivity index (χ0v) is 17.3. The van der Waals surface area contributed by atoms with Gasteiger partial charge in [0.2, 0.25) is 0 Å². The second kappa shape index (κ2) is 9.09. The standard InChI is InChI=1S/C21H31O5P/c1-5-6-7-8-16-12-19(22)21(20(13-16)26-27(23,24)25)18-11-15(4)9-10-17(18)14(2)3/h11-13,17-18,22H,2,5-10H2,1,3-4H3,(H2,23,24,25)/p-1/t17-,18+/m0/s1. The third-order valence-electron chi connectivity index (χ3n) is 5.18. The van der Waals surface area contributed by atoms with Crippen LogP contribution < -0.4 is 9.42 Å². The number of phosphoric ester groups is 1. The van der Waals surface area contributed by atoms with Crippen molar-refractivity contribution in [1.82, 2.24) is 0 Å². The number of hydrogen-bond acceptors (Lipinski definition) is 4. The molecule has 0 aromatic heterocycles. The van der Waals surface area contributed by atoms with Gasteiger partial charge in [-0.3, -0.25) is 4.57 Å². The van der Waals surface area contributed by atoms with Crippen LogP contribution in [0, 0.1) is 5.92 Å². The van der Waals surface area contributed by atoms with Crippen LogP contribution in [-0.4, -0.2) is 10.00 Å². The Morgan fingerprint density at radius 3 is 2.70 bits per heavy atom. The van der Waals surface area contributed by atoms with Crippen molar-refractivity contribution >= 4 is 7.82 Å². The Balaban J connectivity index is 2.53. The molecule has 5 nitrogen and oxygen atoms in total. The van der Waals surface area contributed by atoms with E-state index in [9.17, 15) is 19.5 Å². The first-order valence-corrected chi connectivity index (χ1v) is 11.0. The molecule has 0 spiro atoms. The predicted molar refractivity (Wildman–Crippen MR) is 106 cm³/mol. The predicted octanol–water partition coefficient (Wildman–Crippen LogP) is 4.98. The van der Waals surface area contributed by atoms with Gasteiger partial charge in [-0.05, 0) is 63.1 Å². The van der Waals surface area contributed by atoms with Crippen LogP contribution in [0.4, 0.5) is 0 Å². The summed E-state index contributed by atoms with van der Waals surface area (Å²) in [7, 11) is -5.00. The first kappa shape index (κ1) is 21.7. The average molecular weight is 393 g/mol. The number of aromatic hydroxyl groups is 1. The summed E-state index contributed by atoms with van der Waals surface area (Å²) in [5.41, 5.74) is 3.32. The summed E-state index contributed by atoms with van der Waals surface area (Å²) in [4.78, 5) is 20.7. The van der Waals surface area contributed by atoms with Crippen LogP contribution in [0.5, 0.6) is 11.5 Å². The van der Waals surface area contributed by atoms with Crippen LogP contribution in [0.2, 0.25) is 0 Å². The van der Waals surface area contributed by atoms with E-state index in [2.05, 4.69) is 13.5 Å². The van der Waals surface area contributed by atoms with Crippen molar-refractivity contribution in [2.75, 3.05) is 0 Å². The lowest BCUT2D eigenvalue weighted by Crippen LogP contribution is -2.18. The van der Waals surface area contributed by atoms with Crippen molar-refractivity contribution in [3.63, 3.8) is 0 Å². The molecule has 2 rings (SSSR count). The molecule has 0 saturated carbocycles. The molecule has 150 valence electrons. The largest absolute Gasteiger partial charge is 0.746 e. The van der Waals surface area contributed by atoms with Gasteiger partial charge in [0.15, 0.2) is 0 Å². The number of phenolic OH excluding ortho intramolecular Hbond substituents is 1. The molecule has 0 aliphatic heterocycles. The van der Waals surface area contributed by atoms with Gasteiger partial charge in [-0.1, -0.05) is 43.6 Å². The molecule has 0 heterocycles. The highest BCUT2D eigenvalue weighted by molar-refractivity contribution is 7.45. The molecule has 0 amide bonds. The molecular formula is C21H30O5P-. The maximum absolute atomic E-state index is 11.4. The van der Waals surface area contributed by atoms with Crippen molar-refractivity contribution in [1.29, 1.82) is 0 Å². The van der Waals surface area contributed by atoms with E-state index in [0.717, 1.165) is 43.2 Å². The molecular weight excluding hydrogens is 363 g/mol. The molecule has 6 heteroatoms. The van der Waals surface area contributed by atoms with E-state index in [1.54, 1.807) is 12.1 Å². The lowest BCUT2D eigenvalue weighted by atomic mass is 9.73. The normalized spacial score (nSPS) is 22.0. The quantitative estimate of drug-likeness (QED) is 0.369. The van der Waals surface area contributed by atoms with E-state index < -0.39 is 7.82 Å². The molecule has 1 aromatic rings. The van der Waals surface area contributed by atoms with E-state index in [0.29, 0.717) is 12.0 Å². The highest BCUT2D eigenvalue weighted by Gasteiger charge is 2.31. The minimum atomic E-state index is -5.00. The molecule has 3 atom stereocenters. The Labute approximate surface area is 162 Å². The zero-order valence-electron chi connectivity index (χ0n) is 16.4. The number of phenols is 1. The van der Waals surface area contributed by atoms with Crippen molar-refractivity contribution in [2.45, 2.75) is 65.2 Å². The number of rotatable bonds is 8. The summed E-state index contributed by atoms with van der Waals surface area (Å²) in [6.45, 7) is 10.1. The molecule has 1 aromatic carbocycles. The molecule has 0 bridgehead atoms. The third kappa shape index (κ3) is 5.97. The second-order valence-corrected chi connectivity index (χ2v) is 8.69. The van der Waals surface area contributed by atoms with Crippen molar-refractivity contribution < 1.29 is 24.0 Å². The van der Waals surface area contributed by atoms with Gasteiger partial charge >= 0.3 is 7.82 Å².